The van der Waals surface area contributed by atoms with Gasteiger partial charge in [-0.15, -0.1) is 10.2 Å². The molecule has 2 saturated heterocycles. The van der Waals surface area contributed by atoms with Gasteiger partial charge < -0.3 is 14.9 Å². The molecule has 3 heterocycles. The van der Waals surface area contributed by atoms with E-state index in [0.717, 1.165) is 49.4 Å². The van der Waals surface area contributed by atoms with Crippen LogP contribution in [-0.2, 0) is 4.79 Å². The molecular formula is C21H26N4O2. The lowest BCUT2D eigenvalue weighted by Crippen LogP contribution is -2.49. The minimum Gasteiger partial charge on any atom is -0.507 e. The molecule has 0 aliphatic carbocycles. The van der Waals surface area contributed by atoms with Crippen molar-refractivity contribution in [2.45, 2.75) is 39.7 Å². The number of piperidine rings is 1. The van der Waals surface area contributed by atoms with Crippen LogP contribution in [0, 0.1) is 19.8 Å². The number of amides is 1. The second-order valence-electron chi connectivity index (χ2n) is 7.82. The summed E-state index contributed by atoms with van der Waals surface area (Å²) in [7, 11) is 0. The van der Waals surface area contributed by atoms with E-state index in [-0.39, 0.29) is 11.7 Å². The molecule has 6 heteroatoms. The summed E-state index contributed by atoms with van der Waals surface area (Å²) >= 11 is 0. The van der Waals surface area contributed by atoms with Crippen molar-refractivity contribution in [1.82, 2.24) is 15.1 Å². The number of hydrogen-bond acceptors (Lipinski definition) is 5. The smallest absolute Gasteiger partial charge is 0.219 e. The Hall–Kier alpha value is -2.63. The molecule has 1 amide bonds. The van der Waals surface area contributed by atoms with Crippen LogP contribution in [0.15, 0.2) is 24.3 Å². The van der Waals surface area contributed by atoms with E-state index in [9.17, 15) is 9.90 Å². The number of phenols is 1. The lowest BCUT2D eigenvalue weighted by atomic mass is 9.92. The third-order valence-corrected chi connectivity index (χ3v) is 5.98. The van der Waals surface area contributed by atoms with Gasteiger partial charge in [-0.05, 0) is 61.9 Å². The standard InChI is InChI=1S/C21H26N4O2/c1-13-4-5-17(19(27)10-13)21-14(2)11-20(22-23-21)25-9-7-16-6-8-24(15(3)26)12-18(16)25/h4-5,10-11,16,18,27H,6-9,12H2,1-3H3/t16-,18-/m0/s1. The maximum atomic E-state index is 11.8. The highest BCUT2D eigenvalue weighted by atomic mass is 16.3. The largest absolute Gasteiger partial charge is 0.507 e. The minimum atomic E-state index is 0.146. The number of nitrogens with zero attached hydrogens (tertiary/aromatic N) is 4. The van der Waals surface area contributed by atoms with Crippen LogP contribution in [0.25, 0.3) is 11.3 Å². The van der Waals surface area contributed by atoms with E-state index in [4.69, 9.17) is 0 Å². The summed E-state index contributed by atoms with van der Waals surface area (Å²) in [5.74, 6) is 1.85. The molecule has 142 valence electrons. The summed E-state index contributed by atoms with van der Waals surface area (Å²) in [6.07, 6.45) is 2.19. The first-order valence-corrected chi connectivity index (χ1v) is 9.60. The first-order valence-electron chi connectivity index (χ1n) is 9.60. The van der Waals surface area contributed by atoms with Crippen LogP contribution < -0.4 is 4.90 Å². The third kappa shape index (κ3) is 3.24. The molecule has 4 rings (SSSR count). The van der Waals surface area contributed by atoms with Crippen molar-refractivity contribution >= 4 is 11.7 Å². The summed E-state index contributed by atoms with van der Waals surface area (Å²) < 4.78 is 0. The third-order valence-electron chi connectivity index (χ3n) is 5.98. The first kappa shape index (κ1) is 17.8. The van der Waals surface area contributed by atoms with Gasteiger partial charge in [0.05, 0.1) is 11.7 Å². The van der Waals surface area contributed by atoms with E-state index in [1.807, 2.05) is 30.9 Å². The van der Waals surface area contributed by atoms with E-state index >= 15 is 0 Å². The maximum Gasteiger partial charge on any atom is 0.219 e. The summed E-state index contributed by atoms with van der Waals surface area (Å²) in [5.41, 5.74) is 3.41. The quantitative estimate of drug-likeness (QED) is 0.885. The van der Waals surface area contributed by atoms with Crippen LogP contribution in [0.4, 0.5) is 5.82 Å². The molecule has 2 fully saturated rings. The Bertz CT molecular complexity index is 882. The first-order chi connectivity index (χ1) is 12.9. The molecule has 2 aliphatic heterocycles. The van der Waals surface area contributed by atoms with Gasteiger partial charge in [0.25, 0.3) is 0 Å². The summed E-state index contributed by atoms with van der Waals surface area (Å²) in [6.45, 7) is 8.17. The molecular weight excluding hydrogens is 340 g/mol. The molecule has 2 atom stereocenters. The Kier molecular flexibility index (Phi) is 4.50. The average Bonchev–Trinajstić information content (AvgIpc) is 3.05. The fourth-order valence-electron chi connectivity index (χ4n) is 4.43. The minimum absolute atomic E-state index is 0.146. The van der Waals surface area contributed by atoms with E-state index in [0.29, 0.717) is 23.2 Å². The van der Waals surface area contributed by atoms with Crippen molar-refractivity contribution in [1.29, 1.82) is 0 Å². The van der Waals surface area contributed by atoms with Crippen molar-refractivity contribution in [3.8, 4) is 17.0 Å². The molecule has 0 saturated carbocycles. The molecule has 27 heavy (non-hydrogen) atoms. The van der Waals surface area contributed by atoms with E-state index in [1.54, 1.807) is 13.0 Å². The second kappa shape index (κ2) is 6.83. The molecule has 2 aromatic rings. The number of aromatic nitrogens is 2. The molecule has 0 radical (unpaired) electrons. The molecule has 0 bridgehead atoms. The van der Waals surface area contributed by atoms with Crippen molar-refractivity contribution in [2.75, 3.05) is 24.5 Å². The SMILES string of the molecule is CC(=O)N1CC[C@H]2CCN(c3cc(C)c(-c4ccc(C)cc4O)nn3)[C@H]2C1. The van der Waals surface area contributed by atoms with Gasteiger partial charge in [0.2, 0.25) is 5.91 Å². The lowest BCUT2D eigenvalue weighted by Gasteiger charge is -2.38. The highest BCUT2D eigenvalue weighted by molar-refractivity contribution is 5.73. The molecule has 0 unspecified atom stereocenters. The summed E-state index contributed by atoms with van der Waals surface area (Å²) in [4.78, 5) is 16.0. The molecule has 0 spiro atoms. The number of hydrogen-bond donors (Lipinski definition) is 1. The number of rotatable bonds is 2. The number of carbonyl (C=O) groups excluding carboxylic acids is 1. The van der Waals surface area contributed by atoms with Crippen LogP contribution >= 0.6 is 0 Å². The fraction of sp³-hybridized carbons (Fsp3) is 0.476. The monoisotopic (exact) mass is 366 g/mol. The highest BCUT2D eigenvalue weighted by Crippen LogP contribution is 2.36. The van der Waals surface area contributed by atoms with Gasteiger partial charge >= 0.3 is 0 Å². The van der Waals surface area contributed by atoms with Gasteiger partial charge in [0.1, 0.15) is 5.75 Å². The summed E-state index contributed by atoms with van der Waals surface area (Å²) in [6, 6.07) is 7.96. The molecule has 1 aromatic carbocycles. The van der Waals surface area contributed by atoms with Gasteiger partial charge in [0.15, 0.2) is 5.82 Å². The zero-order valence-electron chi connectivity index (χ0n) is 16.1. The summed E-state index contributed by atoms with van der Waals surface area (Å²) in [5, 5.41) is 19.2. The van der Waals surface area contributed by atoms with Gasteiger partial charge in [-0.25, -0.2) is 0 Å². The Morgan fingerprint density at radius 1 is 1.15 bits per heavy atom. The highest BCUT2D eigenvalue weighted by Gasteiger charge is 2.39. The van der Waals surface area contributed by atoms with Crippen molar-refractivity contribution in [3.05, 3.63) is 35.4 Å². The number of fused-ring (bicyclic) bond motifs is 1. The predicted octanol–water partition coefficient (Wildman–Crippen LogP) is 2.91. The molecule has 2 aliphatic rings. The van der Waals surface area contributed by atoms with E-state index in [2.05, 4.69) is 21.2 Å². The zero-order chi connectivity index (χ0) is 19.1. The average molecular weight is 366 g/mol. The maximum absolute atomic E-state index is 11.8. The number of aromatic hydroxyl groups is 1. The van der Waals surface area contributed by atoms with Crippen LogP contribution in [0.5, 0.6) is 5.75 Å². The van der Waals surface area contributed by atoms with Crippen LogP contribution in [0.1, 0.15) is 30.9 Å². The Labute approximate surface area is 159 Å². The van der Waals surface area contributed by atoms with Gasteiger partial charge in [-0.2, -0.15) is 0 Å². The number of benzene rings is 1. The topological polar surface area (TPSA) is 69.6 Å². The van der Waals surface area contributed by atoms with Crippen LogP contribution in [0.3, 0.4) is 0 Å². The predicted molar refractivity (Wildman–Crippen MR) is 105 cm³/mol. The van der Waals surface area contributed by atoms with Crippen molar-refractivity contribution in [2.24, 2.45) is 5.92 Å². The Morgan fingerprint density at radius 3 is 2.63 bits per heavy atom. The number of phenolic OH excluding ortho intramolecular Hbond substituents is 1. The number of likely N-dealkylation sites (tertiary alicyclic amines) is 1. The van der Waals surface area contributed by atoms with Gasteiger partial charge in [-0.1, -0.05) is 6.07 Å². The number of aryl methyl sites for hydroxylation is 2. The zero-order valence-corrected chi connectivity index (χ0v) is 16.1. The van der Waals surface area contributed by atoms with Gasteiger partial charge in [-0.3, -0.25) is 4.79 Å². The van der Waals surface area contributed by atoms with Crippen molar-refractivity contribution < 1.29 is 9.90 Å². The Balaban J connectivity index is 1.61. The number of carbonyl (C=O) groups is 1. The van der Waals surface area contributed by atoms with Crippen molar-refractivity contribution in [3.63, 3.8) is 0 Å². The van der Waals surface area contributed by atoms with Gasteiger partial charge in [0, 0.05) is 32.1 Å². The van der Waals surface area contributed by atoms with Crippen LogP contribution in [0.2, 0.25) is 0 Å². The lowest BCUT2D eigenvalue weighted by molar-refractivity contribution is -0.130. The molecule has 1 N–H and O–H groups in total. The molecule has 6 nitrogen and oxygen atoms in total. The fourth-order valence-corrected chi connectivity index (χ4v) is 4.43. The van der Waals surface area contributed by atoms with E-state index in [1.165, 1.54) is 0 Å². The van der Waals surface area contributed by atoms with Crippen LogP contribution in [-0.4, -0.2) is 51.8 Å². The normalized spacial score (nSPS) is 22.0. The van der Waals surface area contributed by atoms with E-state index < -0.39 is 0 Å². The number of anilines is 1. The molecule has 1 aromatic heterocycles. The second-order valence-corrected chi connectivity index (χ2v) is 7.82. The Morgan fingerprint density at radius 2 is 1.93 bits per heavy atom.